The number of aliphatic carboxylic acids is 1. The quantitative estimate of drug-likeness (QED) is 0.915. The van der Waals surface area contributed by atoms with E-state index < -0.39 is 11.4 Å². The van der Waals surface area contributed by atoms with Gasteiger partial charge in [-0.3, -0.25) is 9.69 Å². The number of carboxylic acids is 1. The Morgan fingerprint density at radius 3 is 2.58 bits per heavy atom. The van der Waals surface area contributed by atoms with Gasteiger partial charge in [0.25, 0.3) is 0 Å². The first-order chi connectivity index (χ1) is 8.98. The highest BCUT2D eigenvalue weighted by molar-refractivity contribution is 9.10. The van der Waals surface area contributed by atoms with E-state index >= 15 is 0 Å². The van der Waals surface area contributed by atoms with Crippen molar-refractivity contribution < 1.29 is 14.3 Å². The fraction of sp³-hybridized carbons (Fsp3) is 0.643. The second-order valence-electron chi connectivity index (χ2n) is 5.29. The Labute approximate surface area is 121 Å². The second kappa shape index (κ2) is 5.67. The molecular formula is C14H20BrNO3. The van der Waals surface area contributed by atoms with E-state index in [1.165, 1.54) is 0 Å². The molecule has 1 fully saturated rings. The third-order valence-corrected chi connectivity index (χ3v) is 4.87. The summed E-state index contributed by atoms with van der Waals surface area (Å²) in [5.74, 6) is 0.272. The summed E-state index contributed by atoms with van der Waals surface area (Å²) in [6.45, 7) is 5.68. The molecule has 1 aromatic rings. The SMILES string of the molecule is CCC1(C(=O)O)CCN(C(C)c2ccc(Br)o2)CC1. The van der Waals surface area contributed by atoms with Crippen LogP contribution in [0.3, 0.4) is 0 Å². The monoisotopic (exact) mass is 329 g/mol. The van der Waals surface area contributed by atoms with E-state index in [0.29, 0.717) is 19.3 Å². The van der Waals surface area contributed by atoms with Crippen LogP contribution in [0.1, 0.15) is 44.9 Å². The molecule has 2 rings (SSSR count). The van der Waals surface area contributed by atoms with Gasteiger partial charge < -0.3 is 9.52 Å². The van der Waals surface area contributed by atoms with Gasteiger partial charge >= 0.3 is 5.97 Å². The van der Waals surface area contributed by atoms with Crippen molar-refractivity contribution in [1.82, 2.24) is 4.90 Å². The Bertz CT molecular complexity index is 449. The topological polar surface area (TPSA) is 53.7 Å². The van der Waals surface area contributed by atoms with E-state index in [1.807, 2.05) is 19.1 Å². The van der Waals surface area contributed by atoms with Crippen molar-refractivity contribution in [2.24, 2.45) is 5.41 Å². The number of piperidine rings is 1. The van der Waals surface area contributed by atoms with E-state index in [2.05, 4.69) is 27.8 Å². The van der Waals surface area contributed by atoms with Crippen molar-refractivity contribution >= 4 is 21.9 Å². The number of carbonyl (C=O) groups is 1. The van der Waals surface area contributed by atoms with E-state index in [0.717, 1.165) is 23.5 Å². The fourth-order valence-corrected chi connectivity index (χ4v) is 3.11. The molecule has 19 heavy (non-hydrogen) atoms. The van der Waals surface area contributed by atoms with Gasteiger partial charge in [-0.2, -0.15) is 0 Å². The summed E-state index contributed by atoms with van der Waals surface area (Å²) in [5.41, 5.74) is -0.528. The summed E-state index contributed by atoms with van der Waals surface area (Å²) in [5, 5.41) is 9.39. The van der Waals surface area contributed by atoms with Crippen LogP contribution in [0.5, 0.6) is 0 Å². The Kier molecular flexibility index (Phi) is 4.36. The molecule has 0 bridgehead atoms. The van der Waals surface area contributed by atoms with Gasteiger partial charge in [0.15, 0.2) is 4.67 Å². The first-order valence-electron chi connectivity index (χ1n) is 6.71. The van der Waals surface area contributed by atoms with Crippen LogP contribution >= 0.6 is 15.9 Å². The van der Waals surface area contributed by atoms with E-state index in [1.54, 1.807) is 0 Å². The molecule has 4 nitrogen and oxygen atoms in total. The largest absolute Gasteiger partial charge is 0.481 e. The maximum absolute atomic E-state index is 11.4. The van der Waals surface area contributed by atoms with E-state index in [4.69, 9.17) is 4.42 Å². The molecule has 0 aliphatic carbocycles. The molecule has 1 saturated heterocycles. The predicted octanol–water partition coefficient (Wildman–Crippen LogP) is 3.68. The number of hydrogen-bond donors (Lipinski definition) is 1. The highest BCUT2D eigenvalue weighted by Gasteiger charge is 2.40. The van der Waals surface area contributed by atoms with Gasteiger partial charge in [0.05, 0.1) is 11.5 Å². The maximum Gasteiger partial charge on any atom is 0.309 e. The third-order valence-electron chi connectivity index (χ3n) is 4.44. The van der Waals surface area contributed by atoms with Gasteiger partial charge in [-0.05, 0) is 67.3 Å². The lowest BCUT2D eigenvalue weighted by Gasteiger charge is -2.40. The van der Waals surface area contributed by atoms with Crippen LogP contribution in [-0.4, -0.2) is 29.1 Å². The van der Waals surface area contributed by atoms with Gasteiger partial charge in [0.1, 0.15) is 5.76 Å². The molecule has 5 heteroatoms. The first-order valence-corrected chi connectivity index (χ1v) is 7.50. The Hall–Kier alpha value is -0.810. The average Bonchev–Trinajstić information content (AvgIpc) is 2.84. The van der Waals surface area contributed by atoms with Crippen LogP contribution in [0.15, 0.2) is 21.2 Å². The molecule has 1 aliphatic rings. The summed E-state index contributed by atoms with van der Waals surface area (Å²) >= 11 is 3.31. The summed E-state index contributed by atoms with van der Waals surface area (Å²) in [7, 11) is 0. The minimum atomic E-state index is -0.650. The zero-order valence-electron chi connectivity index (χ0n) is 11.4. The van der Waals surface area contributed by atoms with Gasteiger partial charge in [0, 0.05) is 0 Å². The lowest BCUT2D eigenvalue weighted by Crippen LogP contribution is -2.44. The van der Waals surface area contributed by atoms with Gasteiger partial charge in [-0.1, -0.05) is 6.92 Å². The predicted molar refractivity (Wildman–Crippen MR) is 76.0 cm³/mol. The van der Waals surface area contributed by atoms with Crippen LogP contribution in [-0.2, 0) is 4.79 Å². The molecule has 0 aromatic carbocycles. The number of hydrogen-bond acceptors (Lipinski definition) is 3. The molecule has 0 radical (unpaired) electrons. The highest BCUT2D eigenvalue weighted by atomic mass is 79.9. The van der Waals surface area contributed by atoms with Gasteiger partial charge in [-0.15, -0.1) is 0 Å². The van der Waals surface area contributed by atoms with Crippen LogP contribution in [0, 0.1) is 5.41 Å². The lowest BCUT2D eigenvalue weighted by atomic mass is 9.76. The van der Waals surface area contributed by atoms with Crippen molar-refractivity contribution in [3.63, 3.8) is 0 Å². The molecule has 1 aliphatic heterocycles. The summed E-state index contributed by atoms with van der Waals surface area (Å²) in [6.07, 6.45) is 2.13. The molecule has 1 atom stereocenters. The minimum Gasteiger partial charge on any atom is -0.481 e. The molecule has 1 aromatic heterocycles. The van der Waals surface area contributed by atoms with E-state index in [9.17, 15) is 9.90 Å². The zero-order chi connectivity index (χ0) is 14.0. The van der Waals surface area contributed by atoms with Crippen molar-refractivity contribution in [1.29, 1.82) is 0 Å². The molecule has 0 amide bonds. The van der Waals surface area contributed by atoms with Crippen LogP contribution in [0.4, 0.5) is 0 Å². The Balaban J connectivity index is 2.02. The molecule has 106 valence electrons. The standard InChI is InChI=1S/C14H20BrNO3/c1-3-14(13(17)18)6-8-16(9-7-14)10(2)11-4-5-12(15)19-11/h4-5,10H,3,6-9H2,1-2H3,(H,17,18). The third kappa shape index (κ3) is 2.87. The van der Waals surface area contributed by atoms with Crippen molar-refractivity contribution in [3.05, 3.63) is 22.6 Å². The number of nitrogens with zero attached hydrogens (tertiary/aromatic N) is 1. The van der Waals surface area contributed by atoms with Crippen LogP contribution in [0.2, 0.25) is 0 Å². The normalized spacial score (nSPS) is 21.2. The molecule has 1 N–H and O–H groups in total. The number of likely N-dealkylation sites (tertiary alicyclic amines) is 1. The molecule has 0 saturated carbocycles. The fourth-order valence-electron chi connectivity index (χ4n) is 2.79. The average molecular weight is 330 g/mol. The van der Waals surface area contributed by atoms with Crippen molar-refractivity contribution in [2.45, 2.75) is 39.2 Å². The zero-order valence-corrected chi connectivity index (χ0v) is 12.9. The number of rotatable bonds is 4. The Morgan fingerprint density at radius 1 is 1.53 bits per heavy atom. The van der Waals surface area contributed by atoms with Crippen molar-refractivity contribution in [2.75, 3.05) is 13.1 Å². The summed E-state index contributed by atoms with van der Waals surface area (Å²) < 4.78 is 6.32. The van der Waals surface area contributed by atoms with E-state index in [-0.39, 0.29) is 6.04 Å². The van der Waals surface area contributed by atoms with Crippen LogP contribution in [0.25, 0.3) is 0 Å². The summed E-state index contributed by atoms with van der Waals surface area (Å²) in [4.78, 5) is 13.7. The molecule has 2 heterocycles. The van der Waals surface area contributed by atoms with Gasteiger partial charge in [0.2, 0.25) is 0 Å². The number of furan rings is 1. The Morgan fingerprint density at radius 2 is 2.16 bits per heavy atom. The molecular weight excluding hydrogens is 310 g/mol. The number of carboxylic acid groups (broad SMARTS) is 1. The number of halogens is 1. The molecule has 0 spiro atoms. The summed E-state index contributed by atoms with van der Waals surface area (Å²) in [6, 6.07) is 4.05. The second-order valence-corrected chi connectivity index (χ2v) is 6.07. The van der Waals surface area contributed by atoms with Crippen LogP contribution < -0.4 is 0 Å². The lowest BCUT2D eigenvalue weighted by molar-refractivity contribution is -0.152. The molecule has 1 unspecified atom stereocenters. The van der Waals surface area contributed by atoms with Gasteiger partial charge in [-0.25, -0.2) is 0 Å². The first kappa shape index (κ1) is 14.6. The maximum atomic E-state index is 11.4. The van der Waals surface area contributed by atoms with Crippen molar-refractivity contribution in [3.8, 4) is 0 Å². The minimum absolute atomic E-state index is 0.190. The smallest absolute Gasteiger partial charge is 0.309 e. The highest BCUT2D eigenvalue weighted by Crippen LogP contribution is 2.38.